The highest BCUT2D eigenvalue weighted by Crippen LogP contribution is 2.29. The van der Waals surface area contributed by atoms with Gasteiger partial charge in [0.05, 0.1) is 5.69 Å². The summed E-state index contributed by atoms with van der Waals surface area (Å²) < 4.78 is 13.6. The number of hydrogen-bond acceptors (Lipinski definition) is 3. The molecule has 0 spiro atoms. The van der Waals surface area contributed by atoms with Gasteiger partial charge >= 0.3 is 6.03 Å². The molecule has 2 rings (SSSR count). The van der Waals surface area contributed by atoms with Gasteiger partial charge in [-0.2, -0.15) is 0 Å². The summed E-state index contributed by atoms with van der Waals surface area (Å²) >= 11 is 1.51. The van der Waals surface area contributed by atoms with Gasteiger partial charge in [0.1, 0.15) is 11.2 Å². The average Bonchev–Trinajstić information content (AvgIpc) is 2.51. The lowest BCUT2D eigenvalue weighted by Crippen LogP contribution is -2.33. The third-order valence-corrected chi connectivity index (χ3v) is 4.02. The first-order chi connectivity index (χ1) is 10.1. The predicted octanol–water partition coefficient (Wildman–Crippen LogP) is 3.75. The Balaban J connectivity index is 2.13. The molecule has 0 aliphatic heterocycles. The van der Waals surface area contributed by atoms with Crippen molar-refractivity contribution in [2.75, 3.05) is 18.6 Å². The molecule has 4 nitrogen and oxygen atoms in total. The number of urea groups is 1. The maximum absolute atomic E-state index is 13.6. The highest BCUT2D eigenvalue weighted by atomic mass is 32.2. The summed E-state index contributed by atoms with van der Waals surface area (Å²) in [6, 6.07) is 9.44. The molecule has 1 atom stereocenters. The van der Waals surface area contributed by atoms with Crippen molar-refractivity contribution in [2.45, 2.75) is 5.37 Å². The Kier molecular flexibility index (Phi) is 5.16. The maximum Gasteiger partial charge on any atom is 0.322 e. The third kappa shape index (κ3) is 3.72. The zero-order valence-electron chi connectivity index (χ0n) is 11.8. The fourth-order valence-corrected chi connectivity index (χ4v) is 2.74. The number of thioether (sulfide) groups is 1. The fourth-order valence-electron chi connectivity index (χ4n) is 1.91. The molecule has 110 valence electrons. The Bertz CT molecular complexity index is 609. The van der Waals surface area contributed by atoms with Gasteiger partial charge in [0, 0.05) is 25.0 Å². The Labute approximate surface area is 127 Å². The van der Waals surface area contributed by atoms with Crippen molar-refractivity contribution in [3.8, 4) is 0 Å². The molecule has 1 unspecified atom stereocenters. The quantitative estimate of drug-likeness (QED) is 0.875. The van der Waals surface area contributed by atoms with E-state index in [-0.39, 0.29) is 17.1 Å². The van der Waals surface area contributed by atoms with Crippen LogP contribution in [0.1, 0.15) is 10.9 Å². The molecule has 0 radical (unpaired) electrons. The van der Waals surface area contributed by atoms with Gasteiger partial charge < -0.3 is 10.2 Å². The van der Waals surface area contributed by atoms with Crippen LogP contribution in [-0.2, 0) is 0 Å². The van der Waals surface area contributed by atoms with Gasteiger partial charge in [-0.25, -0.2) is 9.18 Å². The first kappa shape index (κ1) is 15.3. The summed E-state index contributed by atoms with van der Waals surface area (Å²) in [5.74, 6) is -0.457. The van der Waals surface area contributed by atoms with E-state index in [1.54, 1.807) is 31.6 Å². The number of nitrogens with one attached hydrogen (secondary N) is 1. The van der Waals surface area contributed by atoms with Gasteiger partial charge in [0.2, 0.25) is 0 Å². The molecule has 0 bridgehead atoms. The van der Waals surface area contributed by atoms with Crippen molar-refractivity contribution in [1.29, 1.82) is 0 Å². The monoisotopic (exact) mass is 305 g/mol. The molecular formula is C15H16FN3OS. The minimum Gasteiger partial charge on any atom is -0.311 e. The molecule has 0 fully saturated rings. The first-order valence-electron chi connectivity index (χ1n) is 6.34. The minimum absolute atomic E-state index is 0.167. The molecule has 0 aliphatic carbocycles. The number of rotatable bonds is 4. The number of aromatic nitrogens is 1. The van der Waals surface area contributed by atoms with Gasteiger partial charge in [-0.1, -0.05) is 18.2 Å². The van der Waals surface area contributed by atoms with Crippen molar-refractivity contribution in [3.05, 3.63) is 60.2 Å². The molecule has 0 saturated carbocycles. The Hall–Kier alpha value is -2.08. The summed E-state index contributed by atoms with van der Waals surface area (Å²) in [4.78, 5) is 17.8. The molecule has 2 aromatic rings. The summed E-state index contributed by atoms with van der Waals surface area (Å²) in [6.45, 7) is 0. The van der Waals surface area contributed by atoms with E-state index in [1.807, 2.05) is 18.4 Å². The second kappa shape index (κ2) is 7.08. The molecule has 0 saturated heterocycles. The van der Waals surface area contributed by atoms with Crippen molar-refractivity contribution in [2.24, 2.45) is 0 Å². The lowest BCUT2D eigenvalue weighted by atomic mass is 10.2. The standard InChI is InChI=1S/C15H16FN3OS/c1-19(14(21-2)11-6-5-9-17-10-11)15(20)18-13-8-4-3-7-12(13)16/h3-10,14H,1-2H3,(H,18,20). The minimum atomic E-state index is -0.457. The number of hydrogen-bond donors (Lipinski definition) is 1. The summed E-state index contributed by atoms with van der Waals surface area (Å²) in [5, 5.41) is 2.38. The molecule has 6 heteroatoms. The van der Waals surface area contributed by atoms with Crippen LogP contribution in [0.3, 0.4) is 0 Å². The second-order valence-corrected chi connectivity index (χ2v) is 5.31. The zero-order valence-corrected chi connectivity index (χ0v) is 12.6. The van der Waals surface area contributed by atoms with E-state index >= 15 is 0 Å². The molecule has 1 N–H and O–H groups in total. The molecular weight excluding hydrogens is 289 g/mol. The van der Waals surface area contributed by atoms with E-state index in [0.717, 1.165) is 5.56 Å². The van der Waals surface area contributed by atoms with Crippen LogP contribution in [0.25, 0.3) is 0 Å². The SMILES string of the molecule is CSC(c1cccnc1)N(C)C(=O)Nc1ccccc1F. The van der Waals surface area contributed by atoms with E-state index in [9.17, 15) is 9.18 Å². The number of para-hydroxylation sites is 1. The normalized spacial score (nSPS) is 11.8. The van der Waals surface area contributed by atoms with Crippen LogP contribution in [0.2, 0.25) is 0 Å². The van der Waals surface area contributed by atoms with Crippen LogP contribution >= 0.6 is 11.8 Å². The number of amides is 2. The van der Waals surface area contributed by atoms with Gasteiger partial charge in [-0.15, -0.1) is 11.8 Å². The molecule has 21 heavy (non-hydrogen) atoms. The van der Waals surface area contributed by atoms with Crippen LogP contribution in [0, 0.1) is 5.82 Å². The Morgan fingerprint density at radius 1 is 1.33 bits per heavy atom. The summed E-state index contributed by atoms with van der Waals surface area (Å²) in [5.41, 5.74) is 1.08. The molecule has 1 aromatic heterocycles. The predicted molar refractivity (Wildman–Crippen MR) is 83.7 cm³/mol. The number of carbonyl (C=O) groups is 1. The number of benzene rings is 1. The molecule has 1 aromatic carbocycles. The van der Waals surface area contributed by atoms with Gasteiger partial charge in [-0.05, 0) is 24.5 Å². The maximum atomic E-state index is 13.6. The smallest absolute Gasteiger partial charge is 0.311 e. The number of nitrogens with zero attached hydrogens (tertiary/aromatic N) is 2. The summed E-state index contributed by atoms with van der Waals surface area (Å²) in [6.07, 6.45) is 5.30. The van der Waals surface area contributed by atoms with Crippen LogP contribution in [0.4, 0.5) is 14.9 Å². The summed E-state index contributed by atoms with van der Waals surface area (Å²) in [7, 11) is 1.67. The van der Waals surface area contributed by atoms with Crippen LogP contribution in [-0.4, -0.2) is 29.2 Å². The highest BCUT2D eigenvalue weighted by molar-refractivity contribution is 7.98. The average molecular weight is 305 g/mol. The van der Waals surface area contributed by atoms with Crippen molar-refractivity contribution >= 4 is 23.5 Å². The lowest BCUT2D eigenvalue weighted by molar-refractivity contribution is 0.219. The molecule has 1 heterocycles. The van der Waals surface area contributed by atoms with E-state index in [0.29, 0.717) is 0 Å². The number of halogens is 1. The van der Waals surface area contributed by atoms with Gasteiger partial charge in [-0.3, -0.25) is 4.98 Å². The highest BCUT2D eigenvalue weighted by Gasteiger charge is 2.21. The van der Waals surface area contributed by atoms with Crippen molar-refractivity contribution in [1.82, 2.24) is 9.88 Å². The first-order valence-corrected chi connectivity index (χ1v) is 7.63. The lowest BCUT2D eigenvalue weighted by Gasteiger charge is -2.27. The van der Waals surface area contributed by atoms with Crippen molar-refractivity contribution in [3.63, 3.8) is 0 Å². The number of carbonyl (C=O) groups excluding carboxylic acids is 1. The fraction of sp³-hybridized carbons (Fsp3) is 0.200. The Morgan fingerprint density at radius 2 is 2.10 bits per heavy atom. The number of anilines is 1. The number of pyridine rings is 1. The van der Waals surface area contributed by atoms with Gasteiger partial charge in [0.25, 0.3) is 0 Å². The van der Waals surface area contributed by atoms with Gasteiger partial charge in [0.15, 0.2) is 0 Å². The third-order valence-electron chi connectivity index (χ3n) is 2.98. The molecule has 2 amide bonds. The Morgan fingerprint density at radius 3 is 2.71 bits per heavy atom. The topological polar surface area (TPSA) is 45.2 Å². The second-order valence-electron chi connectivity index (χ2n) is 4.40. The van der Waals surface area contributed by atoms with Crippen molar-refractivity contribution < 1.29 is 9.18 Å². The van der Waals surface area contributed by atoms with Crippen LogP contribution in [0.5, 0.6) is 0 Å². The van der Waals surface area contributed by atoms with Crippen LogP contribution in [0.15, 0.2) is 48.8 Å². The van der Waals surface area contributed by atoms with E-state index in [2.05, 4.69) is 10.3 Å². The zero-order chi connectivity index (χ0) is 15.2. The van der Waals surface area contributed by atoms with E-state index in [4.69, 9.17) is 0 Å². The van der Waals surface area contributed by atoms with E-state index in [1.165, 1.54) is 28.8 Å². The van der Waals surface area contributed by atoms with Crippen LogP contribution < -0.4 is 5.32 Å². The largest absolute Gasteiger partial charge is 0.322 e. The van der Waals surface area contributed by atoms with E-state index < -0.39 is 5.82 Å². The molecule has 0 aliphatic rings.